The number of carbonyl (C=O) groups excluding carboxylic acids is 1. The van der Waals surface area contributed by atoms with Crippen LogP contribution >= 0.6 is 0 Å². The molecule has 0 saturated carbocycles. The van der Waals surface area contributed by atoms with Crippen LogP contribution in [0.2, 0.25) is 0 Å². The highest BCUT2D eigenvalue weighted by Crippen LogP contribution is 2.24. The molecule has 0 saturated heterocycles. The maximum Gasteiger partial charge on any atom is 0.326 e. The Morgan fingerprint density at radius 2 is 2.20 bits per heavy atom. The van der Waals surface area contributed by atoms with Crippen LogP contribution in [0.5, 0.6) is 5.75 Å². The number of carbonyl (C=O) groups is 2. The van der Waals surface area contributed by atoms with Crippen LogP contribution in [0.4, 0.5) is 0 Å². The van der Waals surface area contributed by atoms with Gasteiger partial charge in [0.1, 0.15) is 11.8 Å². The summed E-state index contributed by atoms with van der Waals surface area (Å²) >= 11 is 0. The van der Waals surface area contributed by atoms with Gasteiger partial charge in [-0.25, -0.2) is 4.79 Å². The zero-order valence-electron chi connectivity index (χ0n) is 11.3. The van der Waals surface area contributed by atoms with E-state index in [9.17, 15) is 9.59 Å². The van der Waals surface area contributed by atoms with Gasteiger partial charge in [0.25, 0.3) is 0 Å². The number of rotatable bonds is 5. The van der Waals surface area contributed by atoms with Crippen molar-refractivity contribution >= 4 is 22.8 Å². The molecule has 0 bridgehead atoms. The van der Waals surface area contributed by atoms with E-state index in [0.29, 0.717) is 5.75 Å². The predicted molar refractivity (Wildman–Crippen MR) is 73.8 cm³/mol. The van der Waals surface area contributed by atoms with E-state index in [1.165, 1.54) is 6.92 Å². The van der Waals surface area contributed by atoms with Gasteiger partial charge in [-0.05, 0) is 23.8 Å². The van der Waals surface area contributed by atoms with Crippen molar-refractivity contribution in [1.29, 1.82) is 0 Å². The third-order valence-corrected chi connectivity index (χ3v) is 3.07. The highest BCUT2D eigenvalue weighted by atomic mass is 16.5. The first kappa shape index (κ1) is 13.9. The standard InChI is InChI=1S/C14H16N2O4/c1-8(17)16-13(14(18)19)5-9-7-15-12-4-3-10(20-2)6-11(9)12/h3-4,6-7,13,15H,5H2,1-2H3,(H,16,17)(H,18,19)/t13-/m0/s1. The fourth-order valence-electron chi connectivity index (χ4n) is 2.12. The highest BCUT2D eigenvalue weighted by molar-refractivity contribution is 5.87. The second-order valence-corrected chi connectivity index (χ2v) is 4.52. The highest BCUT2D eigenvalue weighted by Gasteiger charge is 2.20. The average Bonchev–Trinajstić information content (AvgIpc) is 2.79. The maximum atomic E-state index is 11.2. The summed E-state index contributed by atoms with van der Waals surface area (Å²) in [4.78, 5) is 25.3. The summed E-state index contributed by atoms with van der Waals surface area (Å²) in [5, 5.41) is 12.5. The Bertz CT molecular complexity index is 648. The minimum Gasteiger partial charge on any atom is -0.497 e. The second kappa shape index (κ2) is 5.64. The molecule has 0 unspecified atom stereocenters. The number of carboxylic acid groups (broad SMARTS) is 1. The number of aromatic amines is 1. The van der Waals surface area contributed by atoms with E-state index in [4.69, 9.17) is 9.84 Å². The maximum absolute atomic E-state index is 11.2. The number of carboxylic acids is 1. The van der Waals surface area contributed by atoms with Crippen LogP contribution in [0, 0.1) is 0 Å². The number of nitrogens with one attached hydrogen (secondary N) is 2. The second-order valence-electron chi connectivity index (χ2n) is 4.52. The average molecular weight is 276 g/mol. The molecule has 2 rings (SSSR count). The van der Waals surface area contributed by atoms with Crippen LogP contribution in [0.15, 0.2) is 24.4 Å². The van der Waals surface area contributed by atoms with Gasteiger partial charge in [-0.1, -0.05) is 0 Å². The Hall–Kier alpha value is -2.50. The van der Waals surface area contributed by atoms with Crippen molar-refractivity contribution in [2.24, 2.45) is 0 Å². The van der Waals surface area contributed by atoms with Gasteiger partial charge < -0.3 is 20.1 Å². The van der Waals surface area contributed by atoms with Crippen LogP contribution in [0.3, 0.4) is 0 Å². The van der Waals surface area contributed by atoms with Crippen LogP contribution in [-0.2, 0) is 16.0 Å². The van der Waals surface area contributed by atoms with Crippen LogP contribution in [-0.4, -0.2) is 35.1 Å². The largest absolute Gasteiger partial charge is 0.497 e. The monoisotopic (exact) mass is 276 g/mol. The Labute approximate surface area is 115 Å². The van der Waals surface area contributed by atoms with Gasteiger partial charge in [-0.15, -0.1) is 0 Å². The van der Waals surface area contributed by atoms with Crippen molar-refractivity contribution in [1.82, 2.24) is 10.3 Å². The minimum atomic E-state index is -1.06. The Balaban J connectivity index is 2.31. The Morgan fingerprint density at radius 3 is 2.80 bits per heavy atom. The lowest BCUT2D eigenvalue weighted by molar-refractivity contribution is -0.141. The normalized spacial score (nSPS) is 12.1. The van der Waals surface area contributed by atoms with Gasteiger partial charge in [0.05, 0.1) is 7.11 Å². The number of H-pyrrole nitrogens is 1. The summed E-state index contributed by atoms with van der Waals surface area (Å²) in [6.45, 7) is 1.30. The topological polar surface area (TPSA) is 91.4 Å². The fourth-order valence-corrected chi connectivity index (χ4v) is 2.12. The molecule has 106 valence electrons. The number of amides is 1. The van der Waals surface area contributed by atoms with Crippen molar-refractivity contribution in [2.45, 2.75) is 19.4 Å². The number of aliphatic carboxylic acids is 1. The molecule has 3 N–H and O–H groups in total. The van der Waals surface area contributed by atoms with E-state index >= 15 is 0 Å². The smallest absolute Gasteiger partial charge is 0.326 e. The quantitative estimate of drug-likeness (QED) is 0.767. The third-order valence-electron chi connectivity index (χ3n) is 3.07. The van der Waals surface area contributed by atoms with Gasteiger partial charge in [-0.3, -0.25) is 4.79 Å². The van der Waals surface area contributed by atoms with E-state index in [2.05, 4.69) is 10.3 Å². The van der Waals surface area contributed by atoms with Crippen molar-refractivity contribution in [3.05, 3.63) is 30.0 Å². The Kier molecular flexibility index (Phi) is 3.93. The van der Waals surface area contributed by atoms with Crippen LogP contribution in [0.25, 0.3) is 10.9 Å². The van der Waals surface area contributed by atoms with E-state index in [1.807, 2.05) is 18.2 Å². The first-order chi connectivity index (χ1) is 9.51. The zero-order chi connectivity index (χ0) is 14.7. The van der Waals surface area contributed by atoms with Gasteiger partial charge >= 0.3 is 5.97 Å². The molecule has 2 aromatic rings. The van der Waals surface area contributed by atoms with Crippen molar-refractivity contribution < 1.29 is 19.4 Å². The third kappa shape index (κ3) is 2.90. The van der Waals surface area contributed by atoms with Crippen molar-refractivity contribution in [2.75, 3.05) is 7.11 Å². The van der Waals surface area contributed by atoms with E-state index < -0.39 is 12.0 Å². The molecule has 1 atom stereocenters. The first-order valence-corrected chi connectivity index (χ1v) is 6.15. The van der Waals surface area contributed by atoms with Crippen molar-refractivity contribution in [3.8, 4) is 5.75 Å². The summed E-state index contributed by atoms with van der Waals surface area (Å²) in [5.74, 6) is -0.725. The number of benzene rings is 1. The van der Waals surface area contributed by atoms with Gasteiger partial charge in [0.2, 0.25) is 5.91 Å². The number of fused-ring (bicyclic) bond motifs is 1. The summed E-state index contributed by atoms with van der Waals surface area (Å²) in [6, 6.07) is 4.59. The summed E-state index contributed by atoms with van der Waals surface area (Å²) in [7, 11) is 1.57. The number of aromatic nitrogens is 1. The summed E-state index contributed by atoms with van der Waals surface area (Å²) < 4.78 is 5.16. The molecule has 0 radical (unpaired) electrons. The molecule has 1 heterocycles. The number of hydrogen-bond acceptors (Lipinski definition) is 3. The molecule has 0 aliphatic carbocycles. The minimum absolute atomic E-state index is 0.210. The molecular formula is C14H16N2O4. The van der Waals surface area contributed by atoms with Crippen LogP contribution < -0.4 is 10.1 Å². The van der Waals surface area contributed by atoms with E-state index in [1.54, 1.807) is 13.3 Å². The number of methoxy groups -OCH3 is 1. The molecule has 0 aliphatic heterocycles. The molecule has 20 heavy (non-hydrogen) atoms. The molecule has 6 nitrogen and oxygen atoms in total. The Morgan fingerprint density at radius 1 is 1.45 bits per heavy atom. The van der Waals surface area contributed by atoms with Crippen LogP contribution in [0.1, 0.15) is 12.5 Å². The summed E-state index contributed by atoms with van der Waals surface area (Å²) in [5.41, 5.74) is 1.72. The van der Waals surface area contributed by atoms with Gasteiger partial charge in [0, 0.05) is 30.4 Å². The molecule has 0 fully saturated rings. The lowest BCUT2D eigenvalue weighted by Gasteiger charge is -2.12. The van der Waals surface area contributed by atoms with E-state index in [0.717, 1.165) is 16.5 Å². The summed E-state index contributed by atoms with van der Waals surface area (Å²) in [6.07, 6.45) is 1.96. The molecular weight excluding hydrogens is 260 g/mol. The lowest BCUT2D eigenvalue weighted by Crippen LogP contribution is -2.41. The van der Waals surface area contributed by atoms with Gasteiger partial charge in [-0.2, -0.15) is 0 Å². The number of hydrogen-bond donors (Lipinski definition) is 3. The van der Waals surface area contributed by atoms with E-state index in [-0.39, 0.29) is 12.3 Å². The lowest BCUT2D eigenvalue weighted by atomic mass is 10.0. The first-order valence-electron chi connectivity index (χ1n) is 6.15. The molecule has 1 aromatic heterocycles. The fraction of sp³-hybridized carbons (Fsp3) is 0.286. The molecule has 1 aromatic carbocycles. The molecule has 0 spiro atoms. The predicted octanol–water partition coefficient (Wildman–Crippen LogP) is 1.31. The van der Waals surface area contributed by atoms with Gasteiger partial charge in [0.15, 0.2) is 0 Å². The zero-order valence-corrected chi connectivity index (χ0v) is 11.3. The number of ether oxygens (including phenoxy) is 1. The van der Waals surface area contributed by atoms with Crippen molar-refractivity contribution in [3.63, 3.8) is 0 Å². The molecule has 1 amide bonds. The molecule has 6 heteroatoms. The SMILES string of the molecule is COc1ccc2[nH]cc(C[C@H](NC(C)=O)C(=O)O)c2c1. The molecule has 0 aliphatic rings.